The Labute approximate surface area is 160 Å². The Morgan fingerprint density at radius 2 is 2.07 bits per heavy atom. The third-order valence-electron chi connectivity index (χ3n) is 4.31. The van der Waals surface area contributed by atoms with Crippen molar-refractivity contribution in [1.29, 1.82) is 0 Å². The van der Waals surface area contributed by atoms with E-state index >= 15 is 0 Å². The van der Waals surface area contributed by atoms with Crippen molar-refractivity contribution < 1.29 is 13.9 Å². The molecule has 4 aromatic rings. The minimum Gasteiger partial charge on any atom is -0.496 e. The maximum Gasteiger partial charge on any atom is 0.226 e. The third kappa shape index (κ3) is 3.71. The van der Waals surface area contributed by atoms with Gasteiger partial charge in [0.25, 0.3) is 0 Å². The number of carbonyl (C=O) groups excluding carboxylic acids is 1. The topological polar surface area (TPSA) is 64.4 Å². The summed E-state index contributed by atoms with van der Waals surface area (Å²) >= 11 is 1.47. The molecular formula is C21H18N2O3S. The summed E-state index contributed by atoms with van der Waals surface area (Å²) < 4.78 is 10.8. The van der Waals surface area contributed by atoms with Crippen LogP contribution in [-0.4, -0.2) is 18.0 Å². The highest BCUT2D eigenvalue weighted by molar-refractivity contribution is 7.13. The van der Waals surface area contributed by atoms with Crippen LogP contribution in [0.5, 0.6) is 5.75 Å². The van der Waals surface area contributed by atoms with Crippen molar-refractivity contribution >= 4 is 28.0 Å². The summed E-state index contributed by atoms with van der Waals surface area (Å²) in [5.41, 5.74) is 1.70. The number of fused-ring (bicyclic) bond motifs is 1. The smallest absolute Gasteiger partial charge is 0.226 e. The van der Waals surface area contributed by atoms with Crippen molar-refractivity contribution in [2.45, 2.75) is 13.0 Å². The number of aromatic nitrogens is 1. The van der Waals surface area contributed by atoms with Crippen LogP contribution in [0.3, 0.4) is 0 Å². The molecule has 0 saturated heterocycles. The van der Waals surface area contributed by atoms with E-state index in [1.807, 2.05) is 53.9 Å². The quantitative estimate of drug-likeness (QED) is 0.539. The first-order chi connectivity index (χ1) is 13.2. The Hall–Kier alpha value is -3.12. The van der Waals surface area contributed by atoms with Gasteiger partial charge in [-0.2, -0.15) is 0 Å². The molecule has 0 radical (unpaired) electrons. The van der Waals surface area contributed by atoms with Gasteiger partial charge in [0.1, 0.15) is 5.75 Å². The summed E-state index contributed by atoms with van der Waals surface area (Å²) in [5, 5.41) is 7.83. The van der Waals surface area contributed by atoms with Gasteiger partial charge in [0.15, 0.2) is 10.8 Å². The number of nitrogens with zero attached hydrogens (tertiary/aromatic N) is 1. The largest absolute Gasteiger partial charge is 0.496 e. The molecule has 6 heteroatoms. The summed E-state index contributed by atoms with van der Waals surface area (Å²) in [6.45, 7) is 0.401. The van der Waals surface area contributed by atoms with Crippen LogP contribution < -0.4 is 10.1 Å². The second kappa shape index (κ2) is 7.63. The van der Waals surface area contributed by atoms with Gasteiger partial charge in [-0.1, -0.05) is 30.3 Å². The number of ether oxygens (including phenoxy) is 1. The Kier molecular flexibility index (Phi) is 4.89. The number of rotatable bonds is 6. The van der Waals surface area contributed by atoms with E-state index in [1.165, 1.54) is 11.3 Å². The number of hydrogen-bond donors (Lipinski definition) is 1. The van der Waals surface area contributed by atoms with Gasteiger partial charge in [-0.15, -0.1) is 11.3 Å². The van der Waals surface area contributed by atoms with Gasteiger partial charge in [-0.05, 0) is 29.0 Å². The zero-order valence-electron chi connectivity index (χ0n) is 14.8. The van der Waals surface area contributed by atoms with Crippen molar-refractivity contribution in [3.05, 3.63) is 71.4 Å². The van der Waals surface area contributed by atoms with E-state index in [9.17, 15) is 4.79 Å². The number of benzene rings is 2. The fourth-order valence-corrected chi connectivity index (χ4v) is 3.79. The SMILES string of the molecule is COc1ccc2ccccc2c1CNC(=O)Cc1csc(-c2ccco2)n1. The molecule has 0 fully saturated rings. The molecule has 136 valence electrons. The molecular weight excluding hydrogens is 360 g/mol. The monoisotopic (exact) mass is 378 g/mol. The van der Waals surface area contributed by atoms with Crippen LogP contribution in [0.25, 0.3) is 21.5 Å². The summed E-state index contributed by atoms with van der Waals surface area (Å²) in [7, 11) is 1.64. The molecule has 0 aliphatic heterocycles. The van der Waals surface area contributed by atoms with Gasteiger partial charge in [-0.25, -0.2) is 4.98 Å². The third-order valence-corrected chi connectivity index (χ3v) is 5.21. The maximum atomic E-state index is 12.4. The maximum absolute atomic E-state index is 12.4. The summed E-state index contributed by atoms with van der Waals surface area (Å²) in [4.78, 5) is 16.9. The average Bonchev–Trinajstić information content (AvgIpc) is 3.37. The second-order valence-corrected chi connectivity index (χ2v) is 6.90. The number of carbonyl (C=O) groups is 1. The number of thiazole rings is 1. The minimum absolute atomic E-state index is 0.0821. The molecule has 0 unspecified atom stereocenters. The summed E-state index contributed by atoms with van der Waals surface area (Å²) in [6.07, 6.45) is 1.84. The lowest BCUT2D eigenvalue weighted by molar-refractivity contribution is -0.120. The zero-order chi connectivity index (χ0) is 18.6. The van der Waals surface area contributed by atoms with E-state index < -0.39 is 0 Å². The van der Waals surface area contributed by atoms with Gasteiger partial charge in [0, 0.05) is 17.5 Å². The Morgan fingerprint density at radius 3 is 2.89 bits per heavy atom. The van der Waals surface area contributed by atoms with Gasteiger partial charge in [-0.3, -0.25) is 4.79 Å². The highest BCUT2D eigenvalue weighted by Gasteiger charge is 2.13. The fourth-order valence-electron chi connectivity index (χ4n) is 3.01. The normalized spacial score (nSPS) is 10.9. The Bertz CT molecular complexity index is 1070. The van der Waals surface area contributed by atoms with Crippen LogP contribution in [0.4, 0.5) is 0 Å². The molecule has 4 rings (SSSR count). The molecule has 2 aromatic carbocycles. The lowest BCUT2D eigenvalue weighted by Crippen LogP contribution is -2.25. The van der Waals surface area contributed by atoms with Gasteiger partial charge < -0.3 is 14.5 Å². The number of nitrogens with one attached hydrogen (secondary N) is 1. The lowest BCUT2D eigenvalue weighted by atomic mass is 10.0. The van der Waals surface area contributed by atoms with Gasteiger partial charge in [0.05, 0.1) is 25.5 Å². The molecule has 0 aliphatic rings. The minimum atomic E-state index is -0.0821. The number of methoxy groups -OCH3 is 1. The van der Waals surface area contributed by atoms with E-state index in [2.05, 4.69) is 10.3 Å². The van der Waals surface area contributed by atoms with Gasteiger partial charge >= 0.3 is 0 Å². The van der Waals surface area contributed by atoms with Crippen LogP contribution in [-0.2, 0) is 17.8 Å². The fraction of sp³-hybridized carbons (Fsp3) is 0.143. The van der Waals surface area contributed by atoms with E-state index in [0.29, 0.717) is 12.3 Å². The van der Waals surface area contributed by atoms with Crippen molar-refractivity contribution in [3.63, 3.8) is 0 Å². The summed E-state index contributed by atoms with van der Waals surface area (Å²) in [6, 6.07) is 15.7. The molecule has 2 heterocycles. The highest BCUT2D eigenvalue weighted by atomic mass is 32.1. The number of hydrogen-bond acceptors (Lipinski definition) is 5. The molecule has 1 amide bonds. The van der Waals surface area contributed by atoms with Crippen LogP contribution in [0.1, 0.15) is 11.3 Å². The lowest BCUT2D eigenvalue weighted by Gasteiger charge is -2.13. The Morgan fingerprint density at radius 1 is 1.19 bits per heavy atom. The molecule has 0 spiro atoms. The molecule has 1 N–H and O–H groups in total. The van der Waals surface area contributed by atoms with E-state index in [4.69, 9.17) is 9.15 Å². The van der Waals surface area contributed by atoms with Crippen molar-refractivity contribution in [1.82, 2.24) is 10.3 Å². The Balaban J connectivity index is 1.46. The molecule has 0 aliphatic carbocycles. The second-order valence-electron chi connectivity index (χ2n) is 6.04. The molecule has 0 atom stereocenters. The van der Waals surface area contributed by atoms with Crippen LogP contribution >= 0.6 is 11.3 Å². The number of amides is 1. The van der Waals surface area contributed by atoms with Gasteiger partial charge in [0.2, 0.25) is 5.91 Å². The predicted molar refractivity (Wildman–Crippen MR) is 106 cm³/mol. The predicted octanol–water partition coefficient (Wildman–Crippen LogP) is 4.42. The van der Waals surface area contributed by atoms with Crippen LogP contribution in [0, 0.1) is 0 Å². The van der Waals surface area contributed by atoms with E-state index in [0.717, 1.165) is 32.8 Å². The van der Waals surface area contributed by atoms with Crippen molar-refractivity contribution in [3.8, 4) is 16.5 Å². The van der Waals surface area contributed by atoms with E-state index in [1.54, 1.807) is 13.4 Å². The first-order valence-corrected chi connectivity index (χ1v) is 9.42. The molecule has 5 nitrogen and oxygen atoms in total. The molecule has 0 bridgehead atoms. The van der Waals surface area contributed by atoms with E-state index in [-0.39, 0.29) is 12.3 Å². The zero-order valence-corrected chi connectivity index (χ0v) is 15.6. The first-order valence-electron chi connectivity index (χ1n) is 8.54. The molecule has 2 aromatic heterocycles. The van der Waals surface area contributed by atoms with Crippen molar-refractivity contribution in [2.75, 3.05) is 7.11 Å². The highest BCUT2D eigenvalue weighted by Crippen LogP contribution is 2.28. The molecule has 27 heavy (non-hydrogen) atoms. The molecule has 0 saturated carbocycles. The van der Waals surface area contributed by atoms with Crippen LogP contribution in [0.15, 0.2) is 64.6 Å². The number of furan rings is 1. The average molecular weight is 378 g/mol. The first kappa shape index (κ1) is 17.3. The summed E-state index contributed by atoms with van der Waals surface area (Å²) in [5.74, 6) is 1.40. The van der Waals surface area contributed by atoms with Crippen LogP contribution in [0.2, 0.25) is 0 Å². The standard InChI is InChI=1S/C21H18N2O3S/c1-25-18-9-8-14-5-2-3-6-16(14)17(18)12-22-20(24)11-15-13-27-21(23-15)19-7-4-10-26-19/h2-10,13H,11-12H2,1H3,(H,22,24). The van der Waals surface area contributed by atoms with Crippen molar-refractivity contribution in [2.24, 2.45) is 0 Å².